The van der Waals surface area contributed by atoms with Crippen molar-refractivity contribution in [3.63, 3.8) is 0 Å². The highest BCUT2D eigenvalue weighted by atomic mass is 32.2. The number of fused-ring (bicyclic) bond motifs is 3. The second kappa shape index (κ2) is 10.0. The molecule has 2 heterocycles. The van der Waals surface area contributed by atoms with Crippen molar-refractivity contribution in [2.75, 3.05) is 26.0 Å². The van der Waals surface area contributed by atoms with Crippen LogP contribution in [0, 0.1) is 0 Å². The van der Waals surface area contributed by atoms with E-state index in [0.717, 1.165) is 47.9 Å². The van der Waals surface area contributed by atoms with Crippen molar-refractivity contribution in [1.29, 1.82) is 0 Å². The van der Waals surface area contributed by atoms with Gasteiger partial charge in [-0.2, -0.15) is 13.2 Å². The van der Waals surface area contributed by atoms with Crippen LogP contribution in [0.1, 0.15) is 23.3 Å². The molecule has 1 aliphatic carbocycles. The van der Waals surface area contributed by atoms with Crippen LogP contribution in [0.2, 0.25) is 0 Å². The summed E-state index contributed by atoms with van der Waals surface area (Å²) in [5, 5.41) is 4.29. The van der Waals surface area contributed by atoms with Crippen LogP contribution >= 0.6 is 23.1 Å². The van der Waals surface area contributed by atoms with Gasteiger partial charge in [0.15, 0.2) is 5.16 Å². The Balaban J connectivity index is 1.76. The molecule has 0 fully saturated rings. The number of alkyl halides is 3. The number of thioether (sulfide) groups is 1. The van der Waals surface area contributed by atoms with E-state index in [4.69, 9.17) is 4.74 Å². The largest absolute Gasteiger partial charge is 0.405 e. The lowest BCUT2D eigenvalue weighted by atomic mass is 9.97. The van der Waals surface area contributed by atoms with E-state index in [0.29, 0.717) is 15.4 Å². The molecule has 3 rings (SSSR count). The number of ether oxygens (including phenoxy) is 1. The van der Waals surface area contributed by atoms with Crippen LogP contribution in [0.4, 0.5) is 18.0 Å². The number of carbonyl (C=O) groups excluding carboxylic acids is 2. The highest BCUT2D eigenvalue weighted by molar-refractivity contribution is 7.99. The van der Waals surface area contributed by atoms with Gasteiger partial charge in [0.05, 0.1) is 24.3 Å². The fraction of sp³-hybridized carbons (Fsp3) is 0.556. The normalized spacial score (nSPS) is 13.8. The highest BCUT2D eigenvalue weighted by Gasteiger charge is 2.28. The number of methoxy groups -OCH3 is 1. The molecule has 8 nitrogen and oxygen atoms in total. The van der Waals surface area contributed by atoms with E-state index < -0.39 is 24.7 Å². The van der Waals surface area contributed by atoms with E-state index in [2.05, 4.69) is 4.98 Å². The van der Waals surface area contributed by atoms with Crippen molar-refractivity contribution in [2.24, 2.45) is 0 Å². The van der Waals surface area contributed by atoms with Gasteiger partial charge in [0.25, 0.3) is 5.56 Å². The molecule has 0 spiro atoms. The van der Waals surface area contributed by atoms with E-state index in [1.165, 1.54) is 23.0 Å². The molecule has 3 amide bonds. The summed E-state index contributed by atoms with van der Waals surface area (Å²) in [5.74, 6) is -1.10. The van der Waals surface area contributed by atoms with Crippen LogP contribution in [-0.4, -0.2) is 53.7 Å². The van der Waals surface area contributed by atoms with Gasteiger partial charge in [0, 0.05) is 12.0 Å². The predicted octanol–water partition coefficient (Wildman–Crippen LogP) is 2.46. The minimum atomic E-state index is -4.58. The van der Waals surface area contributed by atoms with Gasteiger partial charge in [-0.1, -0.05) is 11.8 Å². The van der Waals surface area contributed by atoms with Crippen molar-refractivity contribution >= 4 is 45.3 Å². The van der Waals surface area contributed by atoms with Crippen molar-refractivity contribution in [3.8, 4) is 0 Å². The number of rotatable bonds is 7. The standard InChI is InChI=1S/C18H21F3N4O4S2/c1-29-7-6-25-15(27)13-10-4-2-3-5-11(10)31-14(13)24-17(25)30-8-12(26)23-16(28)22-9-18(19,20)21/h2-9H2,1H3,(H2,22,23,26,28). The van der Waals surface area contributed by atoms with Gasteiger partial charge in [0.1, 0.15) is 11.4 Å². The zero-order valence-corrected chi connectivity index (χ0v) is 18.3. The molecule has 0 aromatic carbocycles. The Morgan fingerprint density at radius 2 is 2.03 bits per heavy atom. The van der Waals surface area contributed by atoms with Crippen molar-refractivity contribution in [3.05, 3.63) is 20.8 Å². The Bertz CT molecular complexity index is 1040. The third-order valence-electron chi connectivity index (χ3n) is 4.59. The van der Waals surface area contributed by atoms with Crippen molar-refractivity contribution in [2.45, 2.75) is 43.6 Å². The third-order valence-corrected chi connectivity index (χ3v) is 6.76. The van der Waals surface area contributed by atoms with Crippen LogP contribution in [0.3, 0.4) is 0 Å². The Morgan fingerprint density at radius 1 is 1.29 bits per heavy atom. The van der Waals surface area contributed by atoms with Crippen LogP contribution in [0.5, 0.6) is 0 Å². The molecule has 1 aliphatic rings. The molecule has 170 valence electrons. The number of carbonyl (C=O) groups is 2. The maximum atomic E-state index is 13.2. The Kier molecular flexibility index (Phi) is 7.59. The fourth-order valence-corrected chi connectivity index (χ4v) is 5.36. The number of urea groups is 1. The number of halogens is 3. The Morgan fingerprint density at radius 3 is 2.74 bits per heavy atom. The lowest BCUT2D eigenvalue weighted by Crippen LogP contribution is -2.44. The van der Waals surface area contributed by atoms with Crippen LogP contribution in [-0.2, 0) is 28.9 Å². The molecule has 0 radical (unpaired) electrons. The molecule has 0 atom stereocenters. The van der Waals surface area contributed by atoms with Gasteiger partial charge in [0.2, 0.25) is 5.91 Å². The number of thiophene rings is 1. The molecule has 2 N–H and O–H groups in total. The monoisotopic (exact) mass is 478 g/mol. The third kappa shape index (κ3) is 5.98. The van der Waals surface area contributed by atoms with Gasteiger partial charge >= 0.3 is 12.2 Å². The van der Waals surface area contributed by atoms with E-state index >= 15 is 0 Å². The summed E-state index contributed by atoms with van der Waals surface area (Å²) in [6.45, 7) is -1.05. The molecule has 0 aliphatic heterocycles. The maximum Gasteiger partial charge on any atom is 0.405 e. The summed E-state index contributed by atoms with van der Waals surface area (Å²) in [7, 11) is 1.50. The first-order chi connectivity index (χ1) is 14.7. The van der Waals surface area contributed by atoms with Crippen molar-refractivity contribution in [1.82, 2.24) is 20.2 Å². The summed E-state index contributed by atoms with van der Waals surface area (Å²) < 4.78 is 42.9. The van der Waals surface area contributed by atoms with Crippen LogP contribution < -0.4 is 16.2 Å². The molecular weight excluding hydrogens is 457 g/mol. The molecular formula is C18H21F3N4O4S2. The smallest absolute Gasteiger partial charge is 0.383 e. The Hall–Kier alpha value is -2.12. The number of aromatic nitrogens is 2. The molecule has 13 heteroatoms. The minimum absolute atomic E-state index is 0.202. The van der Waals surface area contributed by atoms with Gasteiger partial charge in [-0.05, 0) is 31.2 Å². The van der Waals surface area contributed by atoms with E-state index in [-0.39, 0.29) is 24.5 Å². The number of nitrogens with zero attached hydrogens (tertiary/aromatic N) is 2. The zero-order valence-electron chi connectivity index (χ0n) is 16.6. The van der Waals surface area contributed by atoms with E-state index in [1.807, 2.05) is 5.32 Å². The fourth-order valence-electron chi connectivity index (χ4n) is 3.23. The lowest BCUT2D eigenvalue weighted by molar-refractivity contribution is -0.124. The average Bonchev–Trinajstić information content (AvgIpc) is 3.08. The minimum Gasteiger partial charge on any atom is -0.383 e. The number of imide groups is 1. The number of nitrogens with one attached hydrogen (secondary N) is 2. The summed E-state index contributed by atoms with van der Waals surface area (Å²) >= 11 is 2.41. The summed E-state index contributed by atoms with van der Waals surface area (Å²) in [5.41, 5.74) is 0.845. The Labute approximate surface area is 183 Å². The number of aryl methyl sites for hydroxylation is 2. The first-order valence-electron chi connectivity index (χ1n) is 9.51. The quantitative estimate of drug-likeness (QED) is 0.468. The number of amides is 3. The maximum absolute atomic E-state index is 13.2. The number of hydrogen-bond acceptors (Lipinski definition) is 7. The molecule has 2 aromatic heterocycles. The topological polar surface area (TPSA) is 102 Å². The first kappa shape index (κ1) is 23.5. The molecule has 0 bridgehead atoms. The first-order valence-corrected chi connectivity index (χ1v) is 11.3. The van der Waals surface area contributed by atoms with Gasteiger partial charge in [-0.3, -0.25) is 19.5 Å². The van der Waals surface area contributed by atoms with Gasteiger partial charge < -0.3 is 10.1 Å². The van der Waals surface area contributed by atoms with Gasteiger partial charge in [-0.25, -0.2) is 9.78 Å². The van der Waals surface area contributed by atoms with Crippen LogP contribution in [0.15, 0.2) is 9.95 Å². The summed E-state index contributed by atoms with van der Waals surface area (Å²) in [6, 6.07) is -1.24. The van der Waals surface area contributed by atoms with Crippen LogP contribution in [0.25, 0.3) is 10.2 Å². The highest BCUT2D eigenvalue weighted by Crippen LogP contribution is 2.34. The number of hydrogen-bond donors (Lipinski definition) is 2. The lowest BCUT2D eigenvalue weighted by Gasteiger charge is -2.13. The summed E-state index contributed by atoms with van der Waals surface area (Å²) in [4.78, 5) is 42.9. The molecule has 2 aromatic rings. The molecule has 31 heavy (non-hydrogen) atoms. The zero-order chi connectivity index (χ0) is 22.6. The second-order valence-corrected chi connectivity index (χ2v) is 8.90. The van der Waals surface area contributed by atoms with E-state index in [9.17, 15) is 27.6 Å². The summed E-state index contributed by atoms with van der Waals surface area (Å²) in [6.07, 6.45) is -0.755. The second-order valence-electron chi connectivity index (χ2n) is 6.87. The van der Waals surface area contributed by atoms with Crippen molar-refractivity contribution < 1.29 is 27.5 Å². The molecule has 0 saturated heterocycles. The average molecular weight is 479 g/mol. The molecule has 0 saturated carbocycles. The van der Waals surface area contributed by atoms with E-state index in [1.54, 1.807) is 5.32 Å². The predicted molar refractivity (Wildman–Crippen MR) is 111 cm³/mol. The molecule has 0 unspecified atom stereocenters. The van der Waals surface area contributed by atoms with Gasteiger partial charge in [-0.15, -0.1) is 11.3 Å². The SMILES string of the molecule is COCCn1c(SCC(=O)NC(=O)NCC(F)(F)F)nc2sc3c(c2c1=O)CCCC3.